The molecule has 0 heterocycles. The fourth-order valence-electron chi connectivity index (χ4n) is 8.84. The molecule has 0 saturated carbocycles. The minimum atomic E-state index is -0.121. The van der Waals surface area contributed by atoms with Crippen molar-refractivity contribution in [1.82, 2.24) is 0 Å². The number of benzene rings is 10. The van der Waals surface area contributed by atoms with Crippen molar-refractivity contribution in [2.24, 2.45) is 0 Å². The molecule has 0 aliphatic carbocycles. The summed E-state index contributed by atoms with van der Waals surface area (Å²) in [7, 11) is 0. The first-order valence-electron chi connectivity index (χ1n) is 20.5. The van der Waals surface area contributed by atoms with Crippen LogP contribution in [-0.2, 0) is 0 Å². The van der Waals surface area contributed by atoms with Gasteiger partial charge in [-0.05, 0) is 101 Å². The predicted octanol–water partition coefficient (Wildman–Crippen LogP) is 13.4. The van der Waals surface area contributed by atoms with Crippen LogP contribution in [0.5, 0.6) is 11.5 Å². The molecule has 10 aromatic carbocycles. The summed E-state index contributed by atoms with van der Waals surface area (Å²) < 4.78 is 13.3. The van der Waals surface area contributed by atoms with Gasteiger partial charge in [-0.2, -0.15) is 0 Å². The number of rotatable bonds is 11. The smallest absolute Gasteiger partial charge is 0.135 e. The maximum atomic E-state index is 10.2. The minimum Gasteiger partial charge on any atom is -0.490 e. The third kappa shape index (κ3) is 6.72. The molecule has 0 aromatic heterocycles. The molecule has 0 bridgehead atoms. The van der Waals surface area contributed by atoms with Crippen LogP contribution in [0.3, 0.4) is 0 Å². The predicted molar refractivity (Wildman–Crippen MR) is 249 cm³/mol. The molecule has 4 heteroatoms. The van der Waals surface area contributed by atoms with Gasteiger partial charge >= 0.3 is 0 Å². The zero-order valence-electron chi connectivity index (χ0n) is 33.0. The normalized spacial score (nSPS) is 11.4. The van der Waals surface area contributed by atoms with Crippen molar-refractivity contribution in [3.8, 4) is 67.1 Å². The largest absolute Gasteiger partial charge is 0.490 e. The summed E-state index contributed by atoms with van der Waals surface area (Å²) in [5.74, 6) is 1.43. The SMILES string of the molecule is OCCOc1c(-c2cccc3ccccc23)cc(-c2cc(-c3cccc4ccccc34)c(OCCO)c(-c3cccc4ccccc34)c2)cc1-c1cccc2ccccc12. The highest BCUT2D eigenvalue weighted by molar-refractivity contribution is 6.07. The molecular formula is C56H42O4. The number of aliphatic hydroxyl groups is 2. The lowest BCUT2D eigenvalue weighted by atomic mass is 9.85. The van der Waals surface area contributed by atoms with Crippen LogP contribution in [0.1, 0.15) is 0 Å². The van der Waals surface area contributed by atoms with Crippen LogP contribution in [0.15, 0.2) is 194 Å². The Bertz CT molecular complexity index is 2760. The molecular weight excluding hydrogens is 737 g/mol. The van der Waals surface area contributed by atoms with Crippen LogP contribution in [-0.4, -0.2) is 36.6 Å². The average Bonchev–Trinajstić information content (AvgIpc) is 3.31. The molecule has 0 aliphatic heterocycles. The second-order valence-corrected chi connectivity index (χ2v) is 15.1. The second-order valence-electron chi connectivity index (χ2n) is 15.1. The Morgan fingerprint density at radius 2 is 0.533 bits per heavy atom. The van der Waals surface area contributed by atoms with Crippen LogP contribution in [0.4, 0.5) is 0 Å². The quantitative estimate of drug-likeness (QED) is 0.137. The molecule has 0 unspecified atom stereocenters. The van der Waals surface area contributed by atoms with Crippen LogP contribution < -0.4 is 9.47 Å². The summed E-state index contributed by atoms with van der Waals surface area (Å²) in [6, 6.07) is 68.4. The Morgan fingerprint density at radius 3 is 0.800 bits per heavy atom. The molecule has 0 saturated heterocycles. The van der Waals surface area contributed by atoms with Crippen LogP contribution >= 0.6 is 0 Å². The van der Waals surface area contributed by atoms with E-state index in [2.05, 4.69) is 194 Å². The van der Waals surface area contributed by atoms with Gasteiger partial charge in [0.05, 0.1) is 13.2 Å². The van der Waals surface area contributed by atoms with E-state index in [1.54, 1.807) is 0 Å². The number of ether oxygens (including phenoxy) is 2. The summed E-state index contributed by atoms with van der Waals surface area (Å²) in [5.41, 5.74) is 9.86. The molecule has 290 valence electrons. The summed E-state index contributed by atoms with van der Waals surface area (Å²) in [6.07, 6.45) is 0. The first kappa shape index (κ1) is 37.1. The highest BCUT2D eigenvalue weighted by Crippen LogP contribution is 2.50. The maximum Gasteiger partial charge on any atom is 0.135 e. The fourth-order valence-corrected chi connectivity index (χ4v) is 8.84. The van der Waals surface area contributed by atoms with Gasteiger partial charge in [0.25, 0.3) is 0 Å². The summed E-state index contributed by atoms with van der Waals surface area (Å²) in [6.45, 7) is 0.0397. The molecule has 0 aliphatic rings. The maximum absolute atomic E-state index is 10.2. The van der Waals surface area contributed by atoms with E-state index in [1.165, 1.54) is 0 Å². The van der Waals surface area contributed by atoms with Gasteiger partial charge in [0.2, 0.25) is 0 Å². The number of hydrogen-bond donors (Lipinski definition) is 2. The topological polar surface area (TPSA) is 58.9 Å². The fraction of sp³-hybridized carbons (Fsp3) is 0.0714. The second kappa shape index (κ2) is 16.2. The summed E-state index contributed by atoms with van der Waals surface area (Å²) >= 11 is 0. The van der Waals surface area contributed by atoms with E-state index in [0.717, 1.165) is 98.7 Å². The van der Waals surface area contributed by atoms with Crippen molar-refractivity contribution >= 4 is 43.1 Å². The number of fused-ring (bicyclic) bond motifs is 4. The van der Waals surface area contributed by atoms with E-state index < -0.39 is 0 Å². The first-order valence-corrected chi connectivity index (χ1v) is 20.5. The molecule has 10 rings (SSSR count). The third-order valence-electron chi connectivity index (χ3n) is 11.5. The molecule has 2 N–H and O–H groups in total. The standard InChI is InChI=1S/C56H42O4/c57-29-31-59-55-51(47-25-9-17-37-13-1-5-21-43(37)47)33-41(34-52(55)48-26-10-18-38-14-2-6-22-44(38)48)42-35-53(49-27-11-19-39-15-3-7-23-45(39)49)56(60-32-30-58)54(36-42)50-28-12-20-40-16-4-8-24-46(40)50/h1-28,33-36,57-58H,29-32H2. The summed E-state index contributed by atoms with van der Waals surface area (Å²) in [4.78, 5) is 0. The Morgan fingerprint density at radius 1 is 0.283 bits per heavy atom. The van der Waals surface area contributed by atoms with E-state index >= 15 is 0 Å². The molecule has 0 radical (unpaired) electrons. The zero-order valence-corrected chi connectivity index (χ0v) is 33.0. The van der Waals surface area contributed by atoms with E-state index in [4.69, 9.17) is 9.47 Å². The zero-order chi connectivity index (χ0) is 40.4. The Hall–Kier alpha value is -7.24. The third-order valence-corrected chi connectivity index (χ3v) is 11.5. The van der Waals surface area contributed by atoms with Crippen molar-refractivity contribution in [3.05, 3.63) is 194 Å². The summed E-state index contributed by atoms with van der Waals surface area (Å²) in [5, 5.41) is 29.3. The van der Waals surface area contributed by atoms with Crippen molar-refractivity contribution in [2.75, 3.05) is 26.4 Å². The highest BCUT2D eigenvalue weighted by Gasteiger charge is 2.23. The lowest BCUT2D eigenvalue weighted by molar-refractivity contribution is 0.202. The van der Waals surface area contributed by atoms with E-state index in [1.807, 2.05) is 0 Å². The molecule has 0 spiro atoms. The molecule has 0 amide bonds. The molecule has 60 heavy (non-hydrogen) atoms. The highest BCUT2D eigenvalue weighted by atomic mass is 16.5. The van der Waals surface area contributed by atoms with Crippen LogP contribution in [0.25, 0.3) is 98.7 Å². The molecule has 0 fully saturated rings. The van der Waals surface area contributed by atoms with Crippen molar-refractivity contribution in [2.45, 2.75) is 0 Å². The van der Waals surface area contributed by atoms with Gasteiger partial charge in [0.1, 0.15) is 24.7 Å². The Labute approximate surface area is 349 Å². The minimum absolute atomic E-state index is 0.121. The van der Waals surface area contributed by atoms with Gasteiger partial charge in [-0.15, -0.1) is 0 Å². The van der Waals surface area contributed by atoms with Crippen molar-refractivity contribution in [1.29, 1.82) is 0 Å². The van der Waals surface area contributed by atoms with Crippen molar-refractivity contribution < 1.29 is 19.7 Å². The van der Waals surface area contributed by atoms with Crippen molar-refractivity contribution in [3.63, 3.8) is 0 Å². The Balaban J connectivity index is 1.35. The van der Waals surface area contributed by atoms with E-state index in [0.29, 0.717) is 11.5 Å². The van der Waals surface area contributed by atoms with Gasteiger partial charge < -0.3 is 19.7 Å². The van der Waals surface area contributed by atoms with Gasteiger partial charge in [-0.3, -0.25) is 0 Å². The molecule has 10 aromatic rings. The van der Waals surface area contributed by atoms with Crippen LogP contribution in [0, 0.1) is 0 Å². The van der Waals surface area contributed by atoms with Crippen LogP contribution in [0.2, 0.25) is 0 Å². The van der Waals surface area contributed by atoms with Gasteiger partial charge in [-0.1, -0.05) is 170 Å². The van der Waals surface area contributed by atoms with Gasteiger partial charge in [-0.25, -0.2) is 0 Å². The first-order chi connectivity index (χ1) is 29.7. The van der Waals surface area contributed by atoms with E-state index in [-0.39, 0.29) is 26.4 Å². The number of hydrogen-bond acceptors (Lipinski definition) is 4. The molecule has 0 atom stereocenters. The number of aliphatic hydroxyl groups excluding tert-OH is 2. The average molecular weight is 779 g/mol. The monoisotopic (exact) mass is 778 g/mol. The van der Waals surface area contributed by atoms with E-state index in [9.17, 15) is 10.2 Å². The molecule has 4 nitrogen and oxygen atoms in total. The van der Waals surface area contributed by atoms with Gasteiger partial charge in [0, 0.05) is 22.3 Å². The lowest BCUT2D eigenvalue weighted by Crippen LogP contribution is -2.06. The lowest BCUT2D eigenvalue weighted by Gasteiger charge is -2.23. The van der Waals surface area contributed by atoms with Gasteiger partial charge in [0.15, 0.2) is 0 Å². The Kier molecular flexibility index (Phi) is 10.00.